The van der Waals surface area contributed by atoms with E-state index in [4.69, 9.17) is 0 Å². The van der Waals surface area contributed by atoms with Crippen LogP contribution in [0.15, 0.2) is 47.5 Å². The molecule has 2 aliphatic carbocycles. The van der Waals surface area contributed by atoms with Crippen LogP contribution < -0.4 is 0 Å². The molecule has 174 valence electrons. The zero-order valence-corrected chi connectivity index (χ0v) is 26.1. The third-order valence-electron chi connectivity index (χ3n) is 7.67. The SMILES string of the molecule is CCCc1cccc2c1C=C(C)[CH]2[Zr]([CH3])([CH3])(=[SiH2])[CH]1C(C)=Cc2c(CCC)cccc21.Cl.Cl. The minimum absolute atomic E-state index is 0. The van der Waals surface area contributed by atoms with E-state index < -0.39 is 17.4 Å². The Bertz CT molecular complexity index is 1050. The molecule has 0 saturated carbocycles. The Morgan fingerprint density at radius 1 is 0.719 bits per heavy atom. The first kappa shape index (κ1) is 27.8. The van der Waals surface area contributed by atoms with E-state index in [1.165, 1.54) is 25.7 Å². The monoisotopic (exact) mass is 564 g/mol. The first-order valence-corrected chi connectivity index (χ1v) is 25.5. The van der Waals surface area contributed by atoms with E-state index in [2.05, 4.69) is 92.4 Å². The van der Waals surface area contributed by atoms with Crippen molar-refractivity contribution in [2.24, 2.45) is 0 Å². The summed E-state index contributed by atoms with van der Waals surface area (Å²) < 4.78 is 6.77. The summed E-state index contributed by atoms with van der Waals surface area (Å²) in [6.45, 7) is 11.9. The van der Waals surface area contributed by atoms with Gasteiger partial charge < -0.3 is 0 Å². The fourth-order valence-electron chi connectivity index (χ4n) is 6.89. The first-order chi connectivity index (χ1) is 14.2. The van der Waals surface area contributed by atoms with Crippen molar-refractivity contribution < 1.29 is 17.4 Å². The number of hydrogen-bond donors (Lipinski definition) is 0. The Labute approximate surface area is 210 Å². The molecule has 0 fully saturated rings. The summed E-state index contributed by atoms with van der Waals surface area (Å²) in [5.74, 6) is 0. The van der Waals surface area contributed by atoms with Crippen LogP contribution in [0, 0.1) is 0 Å². The maximum absolute atomic E-state index is 3.29. The molecule has 2 aromatic rings. The third kappa shape index (κ3) is 4.47. The number of hydrogen-bond acceptors (Lipinski definition) is 0. The average Bonchev–Trinajstić information content (AvgIpc) is 3.20. The minimum Gasteiger partial charge on any atom is -0.147 e. The second-order valence-electron chi connectivity index (χ2n) is 10.9. The summed E-state index contributed by atoms with van der Waals surface area (Å²) in [6.07, 6.45) is 9.90. The van der Waals surface area contributed by atoms with Crippen LogP contribution >= 0.6 is 24.8 Å². The maximum atomic E-state index is 2.74. The molecule has 2 unspecified atom stereocenters. The van der Waals surface area contributed by atoms with E-state index in [9.17, 15) is 0 Å². The van der Waals surface area contributed by atoms with Crippen LogP contribution in [0.3, 0.4) is 0 Å². The number of allylic oxidation sites excluding steroid dienone is 2. The Hall–Kier alpha value is -0.400. The summed E-state index contributed by atoms with van der Waals surface area (Å²) >= 11 is -3.29. The van der Waals surface area contributed by atoms with Gasteiger partial charge in [0, 0.05) is 0 Å². The topological polar surface area (TPSA) is 0 Å². The van der Waals surface area contributed by atoms with Crippen LogP contribution in [0.4, 0.5) is 0 Å². The zero-order chi connectivity index (χ0) is 21.7. The molecule has 4 rings (SSSR count). The predicted molar refractivity (Wildman–Crippen MR) is 148 cm³/mol. The molecule has 2 atom stereocenters. The van der Waals surface area contributed by atoms with Crippen molar-refractivity contribution in [3.63, 3.8) is 0 Å². The van der Waals surface area contributed by atoms with Crippen LogP contribution in [0.5, 0.6) is 0 Å². The van der Waals surface area contributed by atoms with Crippen molar-refractivity contribution in [1.29, 1.82) is 0 Å². The largest absolute Gasteiger partial charge is 0.147 e. The molecular weight excluding hydrogens is 527 g/mol. The van der Waals surface area contributed by atoms with E-state index in [0.29, 0.717) is 7.25 Å². The molecule has 0 nitrogen and oxygen atoms in total. The second kappa shape index (κ2) is 10.1. The summed E-state index contributed by atoms with van der Waals surface area (Å²) in [5.41, 5.74) is 12.7. The fourth-order valence-corrected chi connectivity index (χ4v) is 28.1. The van der Waals surface area contributed by atoms with E-state index in [0.717, 1.165) is 0 Å². The predicted octanol–water partition coefficient (Wildman–Crippen LogP) is 8.39. The number of rotatable bonds is 6. The molecular formula is C28H40Cl2SiZr. The van der Waals surface area contributed by atoms with E-state index in [1.54, 1.807) is 44.5 Å². The Morgan fingerprint density at radius 2 is 1.09 bits per heavy atom. The number of fused-ring (bicyclic) bond motifs is 2. The zero-order valence-electron chi connectivity index (χ0n) is 20.6. The Morgan fingerprint density at radius 3 is 1.44 bits per heavy atom. The van der Waals surface area contributed by atoms with Gasteiger partial charge in [0.05, 0.1) is 0 Å². The van der Waals surface area contributed by atoms with Crippen molar-refractivity contribution >= 4 is 43.8 Å². The molecule has 0 heterocycles. The van der Waals surface area contributed by atoms with Gasteiger partial charge in [-0.05, 0) is 0 Å². The molecule has 4 heteroatoms. The average molecular weight is 567 g/mol. The van der Waals surface area contributed by atoms with Crippen LogP contribution in [0.1, 0.15) is 81.2 Å². The Kier molecular flexibility index (Phi) is 8.76. The standard InChI is InChI=1S/2C13H15.2CH3.2ClH.H2Si.Zr/c2*1-3-5-11-6-4-7-12-8-10(2)9-13(11)12;;;;;;/h2*4,6-9H,3,5H2,1-2H3;2*1H3;2*1H;1H2;. The maximum Gasteiger partial charge on any atom is -0.147 e. The van der Waals surface area contributed by atoms with Gasteiger partial charge in [0.2, 0.25) is 0 Å². The van der Waals surface area contributed by atoms with Gasteiger partial charge in [0.25, 0.3) is 0 Å². The molecule has 0 aliphatic heterocycles. The number of aryl methyl sites for hydroxylation is 2. The quantitative estimate of drug-likeness (QED) is 0.308. The molecule has 0 bridgehead atoms. The molecule has 0 N–H and O–H groups in total. The van der Waals surface area contributed by atoms with Gasteiger partial charge in [-0.3, -0.25) is 0 Å². The minimum atomic E-state index is -3.29. The third-order valence-corrected chi connectivity index (χ3v) is 25.6. The van der Waals surface area contributed by atoms with E-state index in [-0.39, 0.29) is 24.8 Å². The first-order valence-electron chi connectivity index (χ1n) is 11.8. The second-order valence-corrected chi connectivity index (χ2v) is 41.4. The van der Waals surface area contributed by atoms with Crippen molar-refractivity contribution in [3.8, 4) is 0 Å². The van der Waals surface area contributed by atoms with Gasteiger partial charge in [-0.1, -0.05) is 0 Å². The van der Waals surface area contributed by atoms with Crippen LogP contribution in [-0.4, -0.2) is 6.88 Å². The van der Waals surface area contributed by atoms with E-state index >= 15 is 0 Å². The Balaban J connectivity index is 0.00000181. The number of benzene rings is 2. The summed E-state index contributed by atoms with van der Waals surface area (Å²) in [4.78, 5) is 0. The van der Waals surface area contributed by atoms with Gasteiger partial charge in [0.1, 0.15) is 0 Å². The summed E-state index contributed by atoms with van der Waals surface area (Å²) in [6, 6.07) is 14.2. The molecule has 2 aromatic carbocycles. The fraction of sp³-hybridized carbons (Fsp3) is 0.429. The molecule has 0 amide bonds. The smallest absolute Gasteiger partial charge is 0.147 e. The van der Waals surface area contributed by atoms with Crippen molar-refractivity contribution in [1.82, 2.24) is 0 Å². The normalized spacial score (nSPS) is 19.3. The van der Waals surface area contributed by atoms with Gasteiger partial charge in [-0.2, -0.15) is 0 Å². The van der Waals surface area contributed by atoms with Crippen LogP contribution in [0.2, 0.25) is 9.26 Å². The van der Waals surface area contributed by atoms with Crippen LogP contribution in [0.25, 0.3) is 12.2 Å². The van der Waals surface area contributed by atoms with Crippen molar-refractivity contribution in [2.45, 2.75) is 69.9 Å². The van der Waals surface area contributed by atoms with Gasteiger partial charge >= 0.3 is 187 Å². The van der Waals surface area contributed by atoms with Crippen molar-refractivity contribution in [2.75, 3.05) is 0 Å². The summed E-state index contributed by atoms with van der Waals surface area (Å²) in [5, 5.41) is 0. The number of halogens is 2. The molecule has 0 radical (unpaired) electrons. The van der Waals surface area contributed by atoms with Gasteiger partial charge in [-0.25, -0.2) is 0 Å². The molecule has 32 heavy (non-hydrogen) atoms. The molecule has 0 saturated heterocycles. The molecule has 2 aliphatic rings. The van der Waals surface area contributed by atoms with Gasteiger partial charge in [0.15, 0.2) is 0 Å². The summed E-state index contributed by atoms with van der Waals surface area (Å²) in [7, 11) is 0. The van der Waals surface area contributed by atoms with E-state index in [1.807, 2.05) is 0 Å². The molecule has 0 aromatic heterocycles. The van der Waals surface area contributed by atoms with Gasteiger partial charge in [-0.15, -0.1) is 24.8 Å². The molecule has 0 spiro atoms. The van der Waals surface area contributed by atoms with Crippen molar-refractivity contribution in [3.05, 3.63) is 80.9 Å². The van der Waals surface area contributed by atoms with Crippen LogP contribution in [-0.2, 0) is 30.2 Å².